The van der Waals surface area contributed by atoms with Crippen molar-refractivity contribution in [2.24, 2.45) is 0 Å². The lowest BCUT2D eigenvalue weighted by Gasteiger charge is -2.31. The highest BCUT2D eigenvalue weighted by Crippen LogP contribution is 2.37. The monoisotopic (exact) mass is 307 g/mol. The van der Waals surface area contributed by atoms with Crippen LogP contribution in [-0.4, -0.2) is 4.57 Å². The summed E-state index contributed by atoms with van der Waals surface area (Å²) in [5.74, 6) is 0. The summed E-state index contributed by atoms with van der Waals surface area (Å²) in [4.78, 5) is 0. The minimum atomic E-state index is 0.173. The average Bonchev–Trinajstić information content (AvgIpc) is 2.93. The average molecular weight is 307 g/mol. The predicted molar refractivity (Wildman–Crippen MR) is 102 cm³/mol. The van der Waals surface area contributed by atoms with Gasteiger partial charge in [0.25, 0.3) is 0 Å². The maximum atomic E-state index is 2.58. The topological polar surface area (TPSA) is 4.93 Å². The molecule has 1 heteroatoms. The molecule has 122 valence electrons. The summed E-state index contributed by atoms with van der Waals surface area (Å²) in [6.45, 7) is 9.27. The molecular formula is C22H29N. The molecule has 0 aliphatic carbocycles. The number of rotatable bonds is 6. The van der Waals surface area contributed by atoms with Crippen LogP contribution in [0, 0.1) is 0 Å². The van der Waals surface area contributed by atoms with Gasteiger partial charge in [-0.2, -0.15) is 0 Å². The maximum absolute atomic E-state index is 2.58. The zero-order chi connectivity index (χ0) is 16.4. The number of hydrogen-bond acceptors (Lipinski definition) is 0. The van der Waals surface area contributed by atoms with Crippen LogP contribution in [0.1, 0.15) is 58.9 Å². The standard InChI is InChI=1S/C22H29N/c1-5-8-11-17-14-15-21-19(16-17)18-12-9-10-13-20(18)23(21)22(4,6-2)7-3/h9-10,12-16H,5-8,11H2,1-4H3. The van der Waals surface area contributed by atoms with Gasteiger partial charge < -0.3 is 4.57 Å². The van der Waals surface area contributed by atoms with Crippen molar-refractivity contribution in [3.05, 3.63) is 48.0 Å². The molecule has 0 saturated heterocycles. The molecule has 0 N–H and O–H groups in total. The number of aromatic nitrogens is 1. The summed E-state index contributed by atoms with van der Waals surface area (Å²) in [6, 6.07) is 16.0. The fourth-order valence-corrected chi connectivity index (χ4v) is 3.70. The molecule has 1 heterocycles. The van der Waals surface area contributed by atoms with E-state index in [1.165, 1.54) is 46.6 Å². The molecule has 0 aliphatic heterocycles. The molecule has 0 fully saturated rings. The van der Waals surface area contributed by atoms with Crippen LogP contribution in [0.4, 0.5) is 0 Å². The van der Waals surface area contributed by atoms with Gasteiger partial charge in [-0.15, -0.1) is 0 Å². The fourth-order valence-electron chi connectivity index (χ4n) is 3.70. The largest absolute Gasteiger partial charge is 0.335 e. The molecule has 1 aromatic heterocycles. The first-order valence-corrected chi connectivity index (χ1v) is 9.17. The van der Waals surface area contributed by atoms with Gasteiger partial charge in [0.05, 0.1) is 0 Å². The van der Waals surface area contributed by atoms with Crippen molar-refractivity contribution in [3.63, 3.8) is 0 Å². The van der Waals surface area contributed by atoms with E-state index in [4.69, 9.17) is 0 Å². The van der Waals surface area contributed by atoms with Crippen molar-refractivity contribution in [1.29, 1.82) is 0 Å². The van der Waals surface area contributed by atoms with E-state index in [1.807, 2.05) is 0 Å². The van der Waals surface area contributed by atoms with Crippen LogP contribution in [0.3, 0.4) is 0 Å². The molecule has 0 radical (unpaired) electrons. The van der Waals surface area contributed by atoms with Crippen molar-refractivity contribution in [3.8, 4) is 0 Å². The predicted octanol–water partition coefficient (Wildman–Crippen LogP) is 6.67. The first kappa shape index (κ1) is 16.1. The van der Waals surface area contributed by atoms with E-state index >= 15 is 0 Å². The molecule has 3 rings (SSSR count). The van der Waals surface area contributed by atoms with Crippen LogP contribution in [-0.2, 0) is 12.0 Å². The van der Waals surface area contributed by atoms with Gasteiger partial charge in [0.1, 0.15) is 0 Å². The van der Waals surface area contributed by atoms with Gasteiger partial charge in [-0.1, -0.05) is 51.5 Å². The summed E-state index contributed by atoms with van der Waals surface area (Å²) < 4.78 is 2.58. The maximum Gasteiger partial charge on any atom is 0.0496 e. The normalized spacial score (nSPS) is 12.3. The SMILES string of the molecule is CCCCc1ccc2c(c1)c1ccccc1n2C(C)(CC)CC. The van der Waals surface area contributed by atoms with Crippen LogP contribution in [0.2, 0.25) is 0 Å². The highest BCUT2D eigenvalue weighted by Gasteiger charge is 2.26. The second kappa shape index (κ2) is 6.39. The molecule has 0 bridgehead atoms. The molecule has 0 saturated carbocycles. The lowest BCUT2D eigenvalue weighted by molar-refractivity contribution is 0.313. The molecule has 2 aromatic carbocycles. The number of para-hydroxylation sites is 1. The number of nitrogens with zero attached hydrogens (tertiary/aromatic N) is 1. The van der Waals surface area contributed by atoms with Gasteiger partial charge in [0.2, 0.25) is 0 Å². The Morgan fingerprint density at radius 2 is 1.57 bits per heavy atom. The Hall–Kier alpha value is -1.76. The van der Waals surface area contributed by atoms with Crippen molar-refractivity contribution in [2.75, 3.05) is 0 Å². The van der Waals surface area contributed by atoms with Crippen LogP contribution in [0.15, 0.2) is 42.5 Å². The quantitative estimate of drug-likeness (QED) is 0.479. The van der Waals surface area contributed by atoms with Crippen molar-refractivity contribution in [2.45, 2.75) is 65.3 Å². The molecule has 23 heavy (non-hydrogen) atoms. The van der Waals surface area contributed by atoms with E-state index in [1.54, 1.807) is 0 Å². The number of aryl methyl sites for hydroxylation is 1. The highest BCUT2D eigenvalue weighted by molar-refractivity contribution is 6.08. The molecule has 3 aromatic rings. The fraction of sp³-hybridized carbons (Fsp3) is 0.455. The molecule has 0 spiro atoms. The molecule has 0 unspecified atom stereocenters. The third-order valence-electron chi connectivity index (χ3n) is 5.62. The van der Waals surface area contributed by atoms with Crippen molar-refractivity contribution < 1.29 is 0 Å². The number of fused-ring (bicyclic) bond motifs is 3. The molecule has 0 amide bonds. The summed E-state index contributed by atoms with van der Waals surface area (Å²) in [6.07, 6.45) is 6.00. The Bertz CT molecular complexity index is 805. The van der Waals surface area contributed by atoms with Gasteiger partial charge in [-0.25, -0.2) is 0 Å². The van der Waals surface area contributed by atoms with Crippen LogP contribution >= 0.6 is 0 Å². The zero-order valence-electron chi connectivity index (χ0n) is 15.0. The minimum absolute atomic E-state index is 0.173. The second-order valence-electron chi connectivity index (χ2n) is 7.01. The Balaban J connectivity index is 2.30. The molecule has 1 nitrogen and oxygen atoms in total. The van der Waals surface area contributed by atoms with Gasteiger partial charge in [0, 0.05) is 27.3 Å². The third kappa shape index (κ3) is 2.67. The van der Waals surface area contributed by atoms with Crippen LogP contribution in [0.25, 0.3) is 21.8 Å². The third-order valence-corrected chi connectivity index (χ3v) is 5.62. The Morgan fingerprint density at radius 1 is 0.870 bits per heavy atom. The van der Waals surface area contributed by atoms with Gasteiger partial charge in [-0.3, -0.25) is 0 Å². The first-order valence-electron chi connectivity index (χ1n) is 9.17. The van der Waals surface area contributed by atoms with Gasteiger partial charge >= 0.3 is 0 Å². The molecular weight excluding hydrogens is 278 g/mol. The summed E-state index contributed by atoms with van der Waals surface area (Å²) in [5.41, 5.74) is 4.41. The van der Waals surface area contributed by atoms with Gasteiger partial charge in [0.15, 0.2) is 0 Å². The second-order valence-corrected chi connectivity index (χ2v) is 7.01. The smallest absolute Gasteiger partial charge is 0.0496 e. The van der Waals surface area contributed by atoms with Crippen LogP contribution < -0.4 is 0 Å². The lowest BCUT2D eigenvalue weighted by atomic mass is 9.94. The highest BCUT2D eigenvalue weighted by atomic mass is 15.1. The summed E-state index contributed by atoms with van der Waals surface area (Å²) in [5, 5.41) is 2.82. The minimum Gasteiger partial charge on any atom is -0.335 e. The number of benzene rings is 2. The van der Waals surface area contributed by atoms with Gasteiger partial charge in [-0.05, 0) is 56.4 Å². The Labute approximate surface area is 140 Å². The van der Waals surface area contributed by atoms with E-state index in [2.05, 4.69) is 74.7 Å². The van der Waals surface area contributed by atoms with E-state index in [0.29, 0.717) is 0 Å². The summed E-state index contributed by atoms with van der Waals surface area (Å²) in [7, 11) is 0. The zero-order valence-corrected chi connectivity index (χ0v) is 15.0. The Morgan fingerprint density at radius 3 is 2.26 bits per heavy atom. The number of unbranched alkanes of at least 4 members (excludes halogenated alkanes) is 1. The van der Waals surface area contributed by atoms with Crippen molar-refractivity contribution >= 4 is 21.8 Å². The molecule has 0 aliphatic rings. The van der Waals surface area contributed by atoms with Crippen molar-refractivity contribution in [1.82, 2.24) is 4.57 Å². The Kier molecular flexibility index (Phi) is 4.48. The van der Waals surface area contributed by atoms with Crippen LogP contribution in [0.5, 0.6) is 0 Å². The molecule has 0 atom stereocenters. The van der Waals surface area contributed by atoms with E-state index in [9.17, 15) is 0 Å². The number of hydrogen-bond donors (Lipinski definition) is 0. The van der Waals surface area contributed by atoms with E-state index in [-0.39, 0.29) is 5.54 Å². The lowest BCUT2D eigenvalue weighted by Crippen LogP contribution is -2.28. The first-order chi connectivity index (χ1) is 11.1. The van der Waals surface area contributed by atoms with E-state index < -0.39 is 0 Å². The summed E-state index contributed by atoms with van der Waals surface area (Å²) >= 11 is 0. The van der Waals surface area contributed by atoms with E-state index in [0.717, 1.165) is 12.8 Å².